The average molecular weight is 277 g/mol. The molecule has 5 nitrogen and oxygen atoms in total. The minimum atomic E-state index is -0.146. The molecule has 0 aromatic rings. The van der Waals surface area contributed by atoms with Gasteiger partial charge in [0, 0.05) is 32.2 Å². The highest BCUT2D eigenvalue weighted by molar-refractivity contribution is 5.33. The third kappa shape index (κ3) is 1.82. The summed E-state index contributed by atoms with van der Waals surface area (Å²) in [6.45, 7) is 7.33. The SMILES string of the molecule is N#CC1(N2CCOCC2)[C@@H]2CC(N3CCOCC3)C[C@@H]21. The van der Waals surface area contributed by atoms with Crippen LogP contribution in [-0.2, 0) is 9.47 Å². The molecular weight excluding hydrogens is 254 g/mol. The highest BCUT2D eigenvalue weighted by Crippen LogP contribution is 2.64. The van der Waals surface area contributed by atoms with Gasteiger partial charge in [0.25, 0.3) is 0 Å². The van der Waals surface area contributed by atoms with Gasteiger partial charge in [-0.05, 0) is 24.7 Å². The Hall–Kier alpha value is -0.670. The summed E-state index contributed by atoms with van der Waals surface area (Å²) in [7, 11) is 0. The van der Waals surface area contributed by atoms with E-state index in [-0.39, 0.29) is 5.54 Å². The molecule has 2 saturated carbocycles. The average Bonchev–Trinajstić information content (AvgIpc) is 2.91. The summed E-state index contributed by atoms with van der Waals surface area (Å²) in [4.78, 5) is 4.98. The first-order chi connectivity index (χ1) is 9.86. The normalized spacial score (nSPS) is 45.9. The van der Waals surface area contributed by atoms with Crippen LogP contribution in [-0.4, -0.2) is 74.0 Å². The zero-order valence-corrected chi connectivity index (χ0v) is 12.0. The molecule has 0 N–H and O–H groups in total. The fourth-order valence-electron chi connectivity index (χ4n) is 4.77. The summed E-state index contributed by atoms with van der Waals surface area (Å²) in [6.07, 6.45) is 2.41. The predicted molar refractivity (Wildman–Crippen MR) is 73.1 cm³/mol. The van der Waals surface area contributed by atoms with Gasteiger partial charge in [-0.2, -0.15) is 5.26 Å². The van der Waals surface area contributed by atoms with Crippen LogP contribution in [0.4, 0.5) is 0 Å². The molecule has 0 bridgehead atoms. The van der Waals surface area contributed by atoms with E-state index in [2.05, 4.69) is 15.9 Å². The van der Waals surface area contributed by atoms with Crippen LogP contribution in [0.3, 0.4) is 0 Å². The van der Waals surface area contributed by atoms with Crippen LogP contribution in [0.5, 0.6) is 0 Å². The lowest BCUT2D eigenvalue weighted by Crippen LogP contribution is -2.49. The highest BCUT2D eigenvalue weighted by Gasteiger charge is 2.72. The molecule has 5 heteroatoms. The smallest absolute Gasteiger partial charge is 0.115 e. The van der Waals surface area contributed by atoms with E-state index in [1.54, 1.807) is 0 Å². The van der Waals surface area contributed by atoms with Crippen molar-refractivity contribution in [3.05, 3.63) is 0 Å². The van der Waals surface area contributed by atoms with Crippen molar-refractivity contribution in [2.45, 2.75) is 24.4 Å². The monoisotopic (exact) mass is 277 g/mol. The van der Waals surface area contributed by atoms with Crippen molar-refractivity contribution in [1.29, 1.82) is 5.26 Å². The molecule has 0 radical (unpaired) electrons. The second kappa shape index (κ2) is 4.96. The van der Waals surface area contributed by atoms with E-state index >= 15 is 0 Å². The van der Waals surface area contributed by atoms with E-state index in [4.69, 9.17) is 9.47 Å². The summed E-state index contributed by atoms with van der Waals surface area (Å²) in [5.74, 6) is 1.19. The second-order valence-electron chi connectivity index (χ2n) is 6.52. The van der Waals surface area contributed by atoms with E-state index in [0.717, 1.165) is 52.6 Å². The third-order valence-electron chi connectivity index (χ3n) is 5.83. The highest BCUT2D eigenvalue weighted by atomic mass is 16.5. The Kier molecular flexibility index (Phi) is 3.23. The number of nitrogens with zero attached hydrogens (tertiary/aromatic N) is 3. The van der Waals surface area contributed by atoms with Gasteiger partial charge in [0.2, 0.25) is 0 Å². The number of nitriles is 1. The maximum atomic E-state index is 9.75. The Morgan fingerprint density at radius 3 is 2.00 bits per heavy atom. The lowest BCUT2D eigenvalue weighted by atomic mass is 9.99. The molecule has 4 aliphatic rings. The van der Waals surface area contributed by atoms with Gasteiger partial charge in [-0.15, -0.1) is 0 Å². The van der Waals surface area contributed by atoms with Crippen LogP contribution in [0.15, 0.2) is 0 Å². The van der Waals surface area contributed by atoms with Crippen LogP contribution in [0.1, 0.15) is 12.8 Å². The van der Waals surface area contributed by atoms with Crippen molar-refractivity contribution in [3.63, 3.8) is 0 Å². The van der Waals surface area contributed by atoms with Crippen molar-refractivity contribution < 1.29 is 9.47 Å². The minimum absolute atomic E-state index is 0.146. The van der Waals surface area contributed by atoms with Crippen LogP contribution >= 0.6 is 0 Å². The molecule has 4 rings (SSSR count). The number of hydrogen-bond donors (Lipinski definition) is 0. The number of hydrogen-bond acceptors (Lipinski definition) is 5. The number of rotatable bonds is 2. The van der Waals surface area contributed by atoms with Crippen molar-refractivity contribution in [2.24, 2.45) is 11.8 Å². The van der Waals surface area contributed by atoms with Crippen molar-refractivity contribution >= 4 is 0 Å². The fourth-order valence-corrected chi connectivity index (χ4v) is 4.77. The summed E-state index contributed by atoms with van der Waals surface area (Å²) in [6, 6.07) is 3.37. The minimum Gasteiger partial charge on any atom is -0.379 e. The quantitative estimate of drug-likeness (QED) is 0.727. The van der Waals surface area contributed by atoms with Crippen LogP contribution < -0.4 is 0 Å². The van der Waals surface area contributed by atoms with E-state index < -0.39 is 0 Å². The zero-order valence-electron chi connectivity index (χ0n) is 12.0. The number of morpholine rings is 2. The Bertz CT molecular complexity index is 398. The lowest BCUT2D eigenvalue weighted by Gasteiger charge is -2.37. The molecule has 0 amide bonds. The predicted octanol–water partition coefficient (Wildman–Crippen LogP) is 0.322. The van der Waals surface area contributed by atoms with Crippen molar-refractivity contribution in [2.75, 3.05) is 52.6 Å². The third-order valence-corrected chi connectivity index (χ3v) is 5.83. The van der Waals surface area contributed by atoms with E-state index in [0.29, 0.717) is 17.9 Å². The summed E-state index contributed by atoms with van der Waals surface area (Å²) in [5, 5.41) is 9.75. The van der Waals surface area contributed by atoms with Gasteiger partial charge in [0.1, 0.15) is 5.54 Å². The van der Waals surface area contributed by atoms with Crippen LogP contribution in [0, 0.1) is 23.2 Å². The van der Waals surface area contributed by atoms with Gasteiger partial charge in [-0.25, -0.2) is 0 Å². The maximum absolute atomic E-state index is 9.75. The summed E-state index contributed by atoms with van der Waals surface area (Å²) < 4.78 is 10.9. The summed E-state index contributed by atoms with van der Waals surface area (Å²) >= 11 is 0. The molecule has 2 aliphatic heterocycles. The van der Waals surface area contributed by atoms with Gasteiger partial charge in [0.05, 0.1) is 32.5 Å². The Morgan fingerprint density at radius 2 is 1.45 bits per heavy atom. The first-order valence-corrected chi connectivity index (χ1v) is 7.92. The van der Waals surface area contributed by atoms with Crippen molar-refractivity contribution in [3.8, 4) is 6.07 Å². The first kappa shape index (κ1) is 13.0. The van der Waals surface area contributed by atoms with E-state index in [1.807, 2.05) is 0 Å². The molecule has 2 unspecified atom stereocenters. The molecule has 2 aliphatic carbocycles. The standard InChI is InChI=1S/C15H23N3O2/c16-11-15(18-3-7-20-8-4-18)13-9-12(10-14(13)15)17-1-5-19-6-2-17/h12-14H,1-10H2/t12?,13-,14+,15?. The summed E-state index contributed by atoms with van der Waals surface area (Å²) in [5.41, 5.74) is -0.146. The van der Waals surface area contributed by atoms with Gasteiger partial charge >= 0.3 is 0 Å². The van der Waals surface area contributed by atoms with Crippen LogP contribution in [0.2, 0.25) is 0 Å². The molecule has 0 spiro atoms. The van der Waals surface area contributed by atoms with Gasteiger partial charge in [-0.1, -0.05) is 0 Å². The largest absolute Gasteiger partial charge is 0.379 e. The molecule has 0 aromatic carbocycles. The van der Waals surface area contributed by atoms with Crippen LogP contribution in [0.25, 0.3) is 0 Å². The van der Waals surface area contributed by atoms with Gasteiger partial charge in [-0.3, -0.25) is 9.80 Å². The molecule has 20 heavy (non-hydrogen) atoms. The molecular formula is C15H23N3O2. The molecule has 0 aromatic heterocycles. The second-order valence-corrected chi connectivity index (χ2v) is 6.52. The molecule has 110 valence electrons. The Morgan fingerprint density at radius 1 is 0.900 bits per heavy atom. The van der Waals surface area contributed by atoms with Gasteiger partial charge < -0.3 is 9.47 Å². The number of fused-ring (bicyclic) bond motifs is 1. The van der Waals surface area contributed by atoms with Crippen molar-refractivity contribution in [1.82, 2.24) is 9.80 Å². The van der Waals surface area contributed by atoms with E-state index in [1.165, 1.54) is 12.8 Å². The lowest BCUT2D eigenvalue weighted by molar-refractivity contribution is -0.00225. The fraction of sp³-hybridized carbons (Fsp3) is 0.933. The molecule has 2 heterocycles. The van der Waals surface area contributed by atoms with E-state index in [9.17, 15) is 5.26 Å². The Labute approximate surface area is 120 Å². The first-order valence-electron chi connectivity index (χ1n) is 7.92. The number of ether oxygens (including phenoxy) is 2. The zero-order chi connectivity index (χ0) is 13.6. The molecule has 4 atom stereocenters. The Balaban J connectivity index is 1.41. The topological polar surface area (TPSA) is 48.7 Å². The van der Waals surface area contributed by atoms with Gasteiger partial charge in [0.15, 0.2) is 0 Å². The maximum Gasteiger partial charge on any atom is 0.115 e. The molecule has 4 fully saturated rings. The molecule has 2 saturated heterocycles.